The fourth-order valence-electron chi connectivity index (χ4n) is 2.96. The molecule has 0 spiro atoms. The molecule has 0 atom stereocenters. The van der Waals surface area contributed by atoms with Gasteiger partial charge in [-0.25, -0.2) is 4.98 Å². The predicted octanol–water partition coefficient (Wildman–Crippen LogP) is 4.37. The van der Waals surface area contributed by atoms with E-state index in [1.54, 1.807) is 7.11 Å². The van der Waals surface area contributed by atoms with Gasteiger partial charge < -0.3 is 14.2 Å². The van der Waals surface area contributed by atoms with Crippen LogP contribution in [0.3, 0.4) is 0 Å². The maximum atomic E-state index is 5.81. The van der Waals surface area contributed by atoms with Crippen molar-refractivity contribution in [2.45, 2.75) is 6.42 Å². The summed E-state index contributed by atoms with van der Waals surface area (Å²) in [6.45, 7) is 1.16. The molecule has 0 N–H and O–H groups in total. The van der Waals surface area contributed by atoms with Gasteiger partial charge in [0.25, 0.3) is 0 Å². The number of pyridine rings is 1. The molecule has 0 fully saturated rings. The summed E-state index contributed by atoms with van der Waals surface area (Å²) in [6.07, 6.45) is 0.672. The van der Waals surface area contributed by atoms with E-state index >= 15 is 0 Å². The third-order valence-electron chi connectivity index (χ3n) is 4.04. The molecule has 1 aliphatic rings. The highest BCUT2D eigenvalue weighted by Crippen LogP contribution is 2.36. The van der Waals surface area contributed by atoms with E-state index in [-0.39, 0.29) is 0 Å². The highest BCUT2D eigenvalue weighted by Gasteiger charge is 2.17. The maximum absolute atomic E-state index is 5.81. The van der Waals surface area contributed by atoms with E-state index in [0.29, 0.717) is 25.5 Å². The molecule has 4 rings (SSSR count). The van der Waals surface area contributed by atoms with Gasteiger partial charge in [0.15, 0.2) is 11.5 Å². The van der Waals surface area contributed by atoms with Crippen molar-refractivity contribution in [1.29, 1.82) is 0 Å². The fraction of sp³-hybridized carbons (Fsp3) is 0.211. The van der Waals surface area contributed by atoms with Gasteiger partial charge in [0.05, 0.1) is 12.6 Å². The number of rotatable bonds is 3. The van der Waals surface area contributed by atoms with Gasteiger partial charge in [-0.15, -0.1) is 0 Å². The molecule has 0 bridgehead atoms. The standard InChI is InChI=1S/C19H16BrNO3/c1-22-19-14(10-13-11-15(20)5-6-16(13)21-19)9-12-3-2-4-17-18(12)24-8-7-23-17/h2-6,10-11H,7-9H2,1H3. The lowest BCUT2D eigenvalue weighted by molar-refractivity contribution is 0.170. The van der Waals surface area contributed by atoms with Crippen LogP contribution in [-0.2, 0) is 6.42 Å². The number of fused-ring (bicyclic) bond motifs is 2. The maximum Gasteiger partial charge on any atom is 0.217 e. The summed E-state index contributed by atoms with van der Waals surface area (Å²) in [5.74, 6) is 2.26. The Kier molecular flexibility index (Phi) is 4.02. The van der Waals surface area contributed by atoms with Crippen LogP contribution in [0, 0.1) is 0 Å². The first-order valence-electron chi connectivity index (χ1n) is 7.75. The average Bonchev–Trinajstić information content (AvgIpc) is 2.61. The molecule has 0 unspecified atom stereocenters. The molecule has 0 radical (unpaired) electrons. The second kappa shape index (κ2) is 6.32. The third-order valence-corrected chi connectivity index (χ3v) is 4.53. The molecule has 24 heavy (non-hydrogen) atoms. The van der Waals surface area contributed by atoms with Crippen LogP contribution in [0.1, 0.15) is 11.1 Å². The van der Waals surface area contributed by atoms with E-state index in [9.17, 15) is 0 Å². The zero-order valence-electron chi connectivity index (χ0n) is 13.2. The number of hydrogen-bond donors (Lipinski definition) is 0. The van der Waals surface area contributed by atoms with Crippen LogP contribution in [0.25, 0.3) is 10.9 Å². The average molecular weight is 386 g/mol. The Labute approximate surface area is 148 Å². The lowest BCUT2D eigenvalue weighted by atomic mass is 10.0. The van der Waals surface area contributed by atoms with Gasteiger partial charge in [-0.3, -0.25) is 0 Å². The second-order valence-corrected chi connectivity index (χ2v) is 6.53. The molecule has 122 valence electrons. The van der Waals surface area contributed by atoms with Gasteiger partial charge >= 0.3 is 0 Å². The second-order valence-electron chi connectivity index (χ2n) is 5.61. The third kappa shape index (κ3) is 2.80. The number of methoxy groups -OCH3 is 1. The SMILES string of the molecule is COc1nc2ccc(Br)cc2cc1Cc1cccc2c1OCCO2. The molecular formula is C19H16BrNO3. The minimum absolute atomic E-state index is 0.573. The summed E-state index contributed by atoms with van der Waals surface area (Å²) in [7, 11) is 1.65. The van der Waals surface area contributed by atoms with Gasteiger partial charge in [-0.2, -0.15) is 0 Å². The Morgan fingerprint density at radius 2 is 1.96 bits per heavy atom. The Balaban J connectivity index is 1.79. The fourth-order valence-corrected chi connectivity index (χ4v) is 3.33. The zero-order chi connectivity index (χ0) is 16.5. The van der Waals surface area contributed by atoms with Crippen molar-refractivity contribution >= 4 is 26.8 Å². The van der Waals surface area contributed by atoms with E-state index < -0.39 is 0 Å². The minimum Gasteiger partial charge on any atom is -0.486 e. The lowest BCUT2D eigenvalue weighted by Crippen LogP contribution is -2.16. The van der Waals surface area contributed by atoms with E-state index in [0.717, 1.165) is 38.0 Å². The van der Waals surface area contributed by atoms with Gasteiger partial charge in [0.2, 0.25) is 5.88 Å². The van der Waals surface area contributed by atoms with Crippen LogP contribution < -0.4 is 14.2 Å². The largest absolute Gasteiger partial charge is 0.486 e. The Bertz CT molecular complexity index is 910. The topological polar surface area (TPSA) is 40.6 Å². The van der Waals surface area contributed by atoms with Crippen LogP contribution >= 0.6 is 15.9 Å². The molecule has 1 aliphatic heterocycles. The molecule has 0 aliphatic carbocycles. The Hall–Kier alpha value is -2.27. The van der Waals surface area contributed by atoms with Crippen molar-refractivity contribution in [3.63, 3.8) is 0 Å². The van der Waals surface area contributed by atoms with E-state index in [2.05, 4.69) is 39.1 Å². The molecule has 4 nitrogen and oxygen atoms in total. The van der Waals surface area contributed by atoms with E-state index in [1.165, 1.54) is 0 Å². The van der Waals surface area contributed by atoms with Gasteiger partial charge in [0, 0.05) is 27.4 Å². The first kappa shape index (κ1) is 15.3. The van der Waals surface area contributed by atoms with Gasteiger partial charge in [-0.05, 0) is 30.3 Å². The number of ether oxygens (including phenoxy) is 3. The molecular weight excluding hydrogens is 370 g/mol. The highest BCUT2D eigenvalue weighted by molar-refractivity contribution is 9.10. The van der Waals surface area contributed by atoms with Crippen molar-refractivity contribution in [3.05, 3.63) is 58.1 Å². The quantitative estimate of drug-likeness (QED) is 0.671. The van der Waals surface area contributed by atoms with Crippen LogP contribution in [0.15, 0.2) is 46.9 Å². The number of aromatic nitrogens is 1. The van der Waals surface area contributed by atoms with Gasteiger partial charge in [0.1, 0.15) is 13.2 Å². The summed E-state index contributed by atoms with van der Waals surface area (Å²) in [4.78, 5) is 4.63. The number of hydrogen-bond acceptors (Lipinski definition) is 4. The Morgan fingerprint density at radius 3 is 2.83 bits per heavy atom. The van der Waals surface area contributed by atoms with Gasteiger partial charge in [-0.1, -0.05) is 28.1 Å². The lowest BCUT2D eigenvalue weighted by Gasteiger charge is -2.21. The first-order chi connectivity index (χ1) is 11.7. The first-order valence-corrected chi connectivity index (χ1v) is 8.54. The van der Waals surface area contributed by atoms with Crippen molar-refractivity contribution in [2.75, 3.05) is 20.3 Å². The molecule has 2 aromatic carbocycles. The Morgan fingerprint density at radius 1 is 1.08 bits per heavy atom. The number of para-hydroxylation sites is 1. The van der Waals surface area contributed by atoms with Crippen molar-refractivity contribution in [1.82, 2.24) is 4.98 Å². The minimum atomic E-state index is 0.573. The zero-order valence-corrected chi connectivity index (χ0v) is 14.8. The van der Waals surface area contributed by atoms with Crippen molar-refractivity contribution in [2.24, 2.45) is 0 Å². The normalized spacial score (nSPS) is 13.1. The summed E-state index contributed by atoms with van der Waals surface area (Å²) in [6, 6.07) is 14.1. The van der Waals surface area contributed by atoms with Crippen LogP contribution in [0.2, 0.25) is 0 Å². The molecule has 0 saturated carbocycles. The van der Waals surface area contributed by atoms with E-state index in [4.69, 9.17) is 14.2 Å². The smallest absolute Gasteiger partial charge is 0.217 e. The predicted molar refractivity (Wildman–Crippen MR) is 96.2 cm³/mol. The molecule has 0 amide bonds. The molecule has 0 saturated heterocycles. The summed E-state index contributed by atoms with van der Waals surface area (Å²) >= 11 is 3.51. The summed E-state index contributed by atoms with van der Waals surface area (Å²) in [5.41, 5.74) is 3.00. The molecule has 3 aromatic rings. The van der Waals surface area contributed by atoms with Crippen molar-refractivity contribution in [3.8, 4) is 17.4 Å². The highest BCUT2D eigenvalue weighted by atomic mass is 79.9. The molecule has 5 heteroatoms. The summed E-state index contributed by atoms with van der Waals surface area (Å²) in [5, 5.41) is 1.07. The van der Waals surface area contributed by atoms with Crippen LogP contribution in [-0.4, -0.2) is 25.3 Å². The summed E-state index contributed by atoms with van der Waals surface area (Å²) < 4.78 is 18.0. The van der Waals surface area contributed by atoms with Crippen molar-refractivity contribution < 1.29 is 14.2 Å². The molecule has 1 aromatic heterocycles. The van der Waals surface area contributed by atoms with E-state index in [1.807, 2.05) is 24.3 Å². The monoisotopic (exact) mass is 385 g/mol. The number of benzene rings is 2. The number of nitrogens with zero attached hydrogens (tertiary/aromatic N) is 1. The molecule has 2 heterocycles. The van der Waals surface area contributed by atoms with Crippen LogP contribution in [0.4, 0.5) is 0 Å². The number of halogens is 1. The van der Waals surface area contributed by atoms with Crippen LogP contribution in [0.5, 0.6) is 17.4 Å².